The first kappa shape index (κ1) is 24.7. The molecule has 1 aromatic carbocycles. The zero-order valence-corrected chi connectivity index (χ0v) is 21.2. The lowest BCUT2D eigenvalue weighted by Gasteiger charge is -2.40. The van der Waals surface area contributed by atoms with Crippen molar-refractivity contribution in [1.82, 2.24) is 4.90 Å². The lowest BCUT2D eigenvalue weighted by atomic mass is 9.78. The number of carbonyl (C=O) groups excluding carboxylic acids is 3. The molecule has 4 aliphatic heterocycles. The Kier molecular flexibility index (Phi) is 6.29. The van der Waals surface area contributed by atoms with E-state index in [0.717, 1.165) is 16.8 Å². The molecular weight excluding hydrogens is 460 g/mol. The Hall–Kier alpha value is -2.97. The minimum atomic E-state index is -1.34. The van der Waals surface area contributed by atoms with E-state index < -0.39 is 41.6 Å². The van der Waals surface area contributed by atoms with Crippen LogP contribution in [0.15, 0.2) is 42.5 Å². The number of amides is 2. The van der Waals surface area contributed by atoms with Crippen LogP contribution in [0.1, 0.15) is 31.4 Å². The van der Waals surface area contributed by atoms with Crippen molar-refractivity contribution in [2.75, 3.05) is 24.7 Å². The molecular formula is C28H34N2O6. The van der Waals surface area contributed by atoms with Crippen LogP contribution in [0.25, 0.3) is 0 Å². The van der Waals surface area contributed by atoms with E-state index in [9.17, 15) is 19.5 Å². The number of aliphatic hydroxyl groups excluding tert-OH is 1. The molecule has 1 aromatic rings. The molecule has 4 aliphatic rings. The average molecular weight is 495 g/mol. The topological polar surface area (TPSA) is 96.4 Å². The number of ether oxygens (including phenoxy) is 2. The number of benzene rings is 1. The lowest BCUT2D eigenvalue weighted by Crippen LogP contribution is -2.59. The summed E-state index contributed by atoms with van der Waals surface area (Å²) in [6, 6.07) is 4.33. The van der Waals surface area contributed by atoms with Crippen LogP contribution >= 0.6 is 0 Å². The first-order valence-corrected chi connectivity index (χ1v) is 12.8. The third kappa shape index (κ3) is 3.53. The predicted octanol–water partition coefficient (Wildman–Crippen LogP) is 2.31. The number of cyclic esters (lactones) is 1. The van der Waals surface area contributed by atoms with Gasteiger partial charge in [-0.2, -0.15) is 0 Å². The largest absolute Gasteiger partial charge is 0.461 e. The highest BCUT2D eigenvalue weighted by atomic mass is 16.6. The molecule has 1 unspecified atom stereocenters. The van der Waals surface area contributed by atoms with Gasteiger partial charge in [0, 0.05) is 12.2 Å². The number of aryl methyl sites for hydroxylation is 2. The molecule has 7 atom stereocenters. The normalized spacial score (nSPS) is 33.0. The van der Waals surface area contributed by atoms with Crippen LogP contribution in [-0.4, -0.2) is 71.3 Å². The van der Waals surface area contributed by atoms with Crippen molar-refractivity contribution in [1.29, 1.82) is 0 Å². The van der Waals surface area contributed by atoms with Gasteiger partial charge in [0.15, 0.2) is 0 Å². The quantitative estimate of drug-likeness (QED) is 0.499. The smallest absolute Gasteiger partial charge is 0.313 e. The number of rotatable bonds is 5. The maximum atomic E-state index is 14.5. The van der Waals surface area contributed by atoms with Gasteiger partial charge in [0.05, 0.1) is 24.7 Å². The van der Waals surface area contributed by atoms with Crippen molar-refractivity contribution < 1.29 is 29.0 Å². The molecule has 8 nitrogen and oxygen atoms in total. The standard InChI is InChI=1S/C28H34N2O6/c1-5-17(3)20(15-31)30-24-26(33)29(19-14-16(2)9-10-18(19)4)12-7-11-28(24)23(25(30)32)22-21(36-28)8-6-13-35-27(22)34/h6-11,14,17,20-24,31H,5,12-13,15H2,1-4H3/t17-,20-,21-,22+,23-,24?,28-/m0/s1. The van der Waals surface area contributed by atoms with Gasteiger partial charge in [0.25, 0.3) is 5.91 Å². The Bertz CT molecular complexity index is 1140. The minimum absolute atomic E-state index is 0.0687. The van der Waals surface area contributed by atoms with Crippen LogP contribution in [0.4, 0.5) is 5.69 Å². The highest BCUT2D eigenvalue weighted by Gasteiger charge is 2.72. The second-order valence-electron chi connectivity index (χ2n) is 10.4. The van der Waals surface area contributed by atoms with Gasteiger partial charge in [0.2, 0.25) is 5.91 Å². The number of hydrogen-bond donors (Lipinski definition) is 1. The molecule has 1 spiro atoms. The zero-order valence-electron chi connectivity index (χ0n) is 21.2. The van der Waals surface area contributed by atoms with Crippen LogP contribution in [0, 0.1) is 31.6 Å². The van der Waals surface area contributed by atoms with Crippen molar-refractivity contribution in [3.05, 3.63) is 53.6 Å². The fraction of sp³-hybridized carbons (Fsp3) is 0.536. The molecule has 2 amide bonds. The van der Waals surface area contributed by atoms with E-state index in [2.05, 4.69) is 0 Å². The maximum absolute atomic E-state index is 14.5. The maximum Gasteiger partial charge on any atom is 0.313 e. The highest BCUT2D eigenvalue weighted by molar-refractivity contribution is 6.06. The number of carbonyl (C=O) groups is 3. The predicted molar refractivity (Wildman–Crippen MR) is 133 cm³/mol. The van der Waals surface area contributed by atoms with Gasteiger partial charge >= 0.3 is 5.97 Å². The molecule has 5 rings (SSSR count). The van der Waals surface area contributed by atoms with Crippen LogP contribution in [-0.2, 0) is 23.9 Å². The fourth-order valence-electron chi connectivity index (χ4n) is 6.31. The Morgan fingerprint density at radius 1 is 1.17 bits per heavy atom. The summed E-state index contributed by atoms with van der Waals surface area (Å²) in [6.07, 6.45) is 7.20. The lowest BCUT2D eigenvalue weighted by molar-refractivity contribution is -0.154. The minimum Gasteiger partial charge on any atom is -0.461 e. The molecule has 0 aliphatic carbocycles. The number of esters is 1. The van der Waals surface area contributed by atoms with Gasteiger partial charge in [-0.05, 0) is 43.0 Å². The molecule has 36 heavy (non-hydrogen) atoms. The summed E-state index contributed by atoms with van der Waals surface area (Å²) in [6.45, 7) is 8.01. The van der Waals surface area contributed by atoms with E-state index >= 15 is 0 Å². The summed E-state index contributed by atoms with van der Waals surface area (Å²) in [5.74, 6) is -2.97. The summed E-state index contributed by atoms with van der Waals surface area (Å²) in [4.78, 5) is 44.9. The number of nitrogens with zero attached hydrogens (tertiary/aromatic N) is 2. The molecule has 0 saturated carbocycles. The van der Waals surface area contributed by atoms with Crippen molar-refractivity contribution >= 4 is 23.5 Å². The fourth-order valence-corrected chi connectivity index (χ4v) is 6.31. The van der Waals surface area contributed by atoms with Gasteiger partial charge in [-0.3, -0.25) is 14.4 Å². The number of aliphatic hydroxyl groups is 1. The zero-order chi connectivity index (χ0) is 25.8. The van der Waals surface area contributed by atoms with Gasteiger partial charge in [-0.15, -0.1) is 0 Å². The number of fused-ring (bicyclic) bond motifs is 2. The van der Waals surface area contributed by atoms with E-state index in [1.165, 1.54) is 4.90 Å². The van der Waals surface area contributed by atoms with Gasteiger partial charge in [0.1, 0.15) is 24.2 Å². The summed E-state index contributed by atoms with van der Waals surface area (Å²) in [5.41, 5.74) is 1.39. The molecule has 0 radical (unpaired) electrons. The number of likely N-dealkylation sites (tertiary alicyclic amines) is 1. The molecule has 2 saturated heterocycles. The van der Waals surface area contributed by atoms with E-state index in [1.54, 1.807) is 17.1 Å². The Balaban J connectivity index is 1.68. The third-order valence-corrected chi connectivity index (χ3v) is 8.35. The summed E-state index contributed by atoms with van der Waals surface area (Å²) in [7, 11) is 0. The molecule has 0 aromatic heterocycles. The molecule has 2 fully saturated rings. The van der Waals surface area contributed by atoms with E-state index in [1.807, 2.05) is 58.0 Å². The Morgan fingerprint density at radius 3 is 2.67 bits per heavy atom. The van der Waals surface area contributed by atoms with Crippen molar-refractivity contribution in [3.8, 4) is 0 Å². The first-order chi connectivity index (χ1) is 17.2. The monoisotopic (exact) mass is 494 g/mol. The molecule has 4 heterocycles. The number of hydrogen-bond acceptors (Lipinski definition) is 6. The van der Waals surface area contributed by atoms with Crippen LogP contribution < -0.4 is 4.90 Å². The highest BCUT2D eigenvalue weighted by Crippen LogP contribution is 2.54. The summed E-state index contributed by atoms with van der Waals surface area (Å²) < 4.78 is 11.9. The first-order valence-electron chi connectivity index (χ1n) is 12.8. The second-order valence-corrected chi connectivity index (χ2v) is 10.4. The SMILES string of the molecule is CC[C@H](C)[C@H](CO)N1C(=O)[C@@H]2[C@@H]3C(=O)OCC=C[C@@H]3O[C@@]23C=CCN(c2cc(C)ccc2C)C(=O)C13. The van der Waals surface area contributed by atoms with Gasteiger partial charge in [-0.25, -0.2) is 0 Å². The molecule has 8 heteroatoms. The van der Waals surface area contributed by atoms with Crippen molar-refractivity contribution in [2.45, 2.75) is 57.9 Å². The van der Waals surface area contributed by atoms with Crippen molar-refractivity contribution in [2.24, 2.45) is 17.8 Å². The second kappa shape index (κ2) is 9.16. The van der Waals surface area contributed by atoms with Gasteiger partial charge in [-0.1, -0.05) is 50.6 Å². The van der Waals surface area contributed by atoms with Crippen LogP contribution in [0.2, 0.25) is 0 Å². The van der Waals surface area contributed by atoms with E-state index in [4.69, 9.17) is 9.47 Å². The molecule has 0 bridgehead atoms. The Morgan fingerprint density at radius 2 is 1.94 bits per heavy atom. The molecule has 192 valence electrons. The van der Waals surface area contributed by atoms with Crippen molar-refractivity contribution in [3.63, 3.8) is 0 Å². The van der Waals surface area contributed by atoms with Crippen LogP contribution in [0.3, 0.4) is 0 Å². The van der Waals surface area contributed by atoms with Gasteiger partial charge < -0.3 is 24.4 Å². The number of anilines is 1. The summed E-state index contributed by atoms with van der Waals surface area (Å²) in [5, 5.41) is 10.4. The van der Waals surface area contributed by atoms with Crippen LogP contribution in [0.5, 0.6) is 0 Å². The third-order valence-electron chi connectivity index (χ3n) is 8.35. The van der Waals surface area contributed by atoms with E-state index in [0.29, 0.717) is 13.0 Å². The van der Waals surface area contributed by atoms with E-state index in [-0.39, 0.29) is 30.9 Å². The summed E-state index contributed by atoms with van der Waals surface area (Å²) >= 11 is 0. The Labute approximate surface area is 211 Å². The average Bonchev–Trinajstić information content (AvgIpc) is 3.16. The molecule has 1 N–H and O–H groups in total.